The van der Waals surface area contributed by atoms with Crippen molar-refractivity contribution in [1.82, 2.24) is 9.97 Å². The third-order valence-corrected chi connectivity index (χ3v) is 4.41. The highest BCUT2D eigenvalue weighted by Crippen LogP contribution is 2.25. The van der Waals surface area contributed by atoms with E-state index in [2.05, 4.69) is 67.1 Å². The maximum absolute atomic E-state index is 4.63. The van der Waals surface area contributed by atoms with E-state index >= 15 is 0 Å². The Kier molecular flexibility index (Phi) is 3.53. The number of nitrogens with one attached hydrogen (secondary N) is 1. The smallest absolute Gasteiger partial charge is 0.166 e. The summed E-state index contributed by atoms with van der Waals surface area (Å²) in [6.07, 6.45) is 0. The maximum atomic E-state index is 4.63. The van der Waals surface area contributed by atoms with Crippen LogP contribution in [0.5, 0.6) is 0 Å². The number of benzene rings is 2. The predicted molar refractivity (Wildman–Crippen MR) is 86.3 cm³/mol. The molecule has 0 atom stereocenters. The number of aromatic amines is 1. The molecule has 1 N–H and O–H groups in total. The summed E-state index contributed by atoms with van der Waals surface area (Å²) in [7, 11) is 0. The Bertz CT molecular complexity index is 759. The molecule has 3 rings (SSSR count). The zero-order valence-corrected chi connectivity index (χ0v) is 12.8. The second-order valence-electron chi connectivity index (χ2n) is 5.28. The number of aryl methyl sites for hydroxylation is 3. The van der Waals surface area contributed by atoms with E-state index in [0.29, 0.717) is 0 Å². The van der Waals surface area contributed by atoms with E-state index in [4.69, 9.17) is 0 Å². The Labute approximate surface area is 123 Å². The van der Waals surface area contributed by atoms with Gasteiger partial charge in [-0.3, -0.25) is 0 Å². The molecule has 3 aromatic rings. The van der Waals surface area contributed by atoms with E-state index in [0.717, 1.165) is 21.9 Å². The van der Waals surface area contributed by atoms with Crippen LogP contribution in [0.25, 0.3) is 11.0 Å². The molecule has 20 heavy (non-hydrogen) atoms. The van der Waals surface area contributed by atoms with Gasteiger partial charge in [-0.25, -0.2) is 4.98 Å². The molecule has 0 saturated carbocycles. The average Bonchev–Trinajstić information content (AvgIpc) is 2.81. The number of nitrogens with zero attached hydrogens (tertiary/aromatic N) is 1. The topological polar surface area (TPSA) is 28.7 Å². The molecular weight excluding hydrogens is 264 g/mol. The first kappa shape index (κ1) is 13.3. The van der Waals surface area contributed by atoms with Gasteiger partial charge in [0.05, 0.1) is 11.0 Å². The van der Waals surface area contributed by atoms with E-state index in [1.54, 1.807) is 11.8 Å². The molecule has 0 saturated heterocycles. The van der Waals surface area contributed by atoms with Crippen molar-refractivity contribution in [2.24, 2.45) is 0 Å². The molecule has 0 aliphatic rings. The van der Waals surface area contributed by atoms with Gasteiger partial charge in [0.2, 0.25) is 0 Å². The van der Waals surface area contributed by atoms with Gasteiger partial charge < -0.3 is 4.98 Å². The number of rotatable bonds is 3. The lowest BCUT2D eigenvalue weighted by atomic mass is 10.1. The zero-order chi connectivity index (χ0) is 14.1. The molecule has 2 nitrogen and oxygen atoms in total. The van der Waals surface area contributed by atoms with Crippen molar-refractivity contribution in [2.75, 3.05) is 0 Å². The summed E-state index contributed by atoms with van der Waals surface area (Å²) < 4.78 is 0. The quantitative estimate of drug-likeness (QED) is 0.700. The van der Waals surface area contributed by atoms with E-state index in [1.165, 1.54) is 22.3 Å². The number of fused-ring (bicyclic) bond motifs is 1. The molecule has 102 valence electrons. The lowest BCUT2D eigenvalue weighted by Crippen LogP contribution is -1.88. The van der Waals surface area contributed by atoms with E-state index in [-0.39, 0.29) is 0 Å². The van der Waals surface area contributed by atoms with Crippen molar-refractivity contribution >= 4 is 22.8 Å². The van der Waals surface area contributed by atoms with Crippen LogP contribution in [0, 0.1) is 20.8 Å². The summed E-state index contributed by atoms with van der Waals surface area (Å²) in [5.74, 6) is 0.951. The van der Waals surface area contributed by atoms with Crippen molar-refractivity contribution in [1.29, 1.82) is 0 Å². The first-order valence-corrected chi connectivity index (χ1v) is 7.76. The van der Waals surface area contributed by atoms with Gasteiger partial charge in [0.1, 0.15) is 0 Å². The fourth-order valence-electron chi connectivity index (χ4n) is 2.27. The highest BCUT2D eigenvalue weighted by Gasteiger charge is 2.05. The summed E-state index contributed by atoms with van der Waals surface area (Å²) in [4.78, 5) is 8.02. The summed E-state index contributed by atoms with van der Waals surface area (Å²) in [5, 5.41) is 0.992. The molecule has 0 bridgehead atoms. The lowest BCUT2D eigenvalue weighted by molar-refractivity contribution is 1.08. The summed E-state index contributed by atoms with van der Waals surface area (Å²) in [6.45, 7) is 6.40. The third-order valence-electron chi connectivity index (χ3n) is 3.48. The van der Waals surface area contributed by atoms with Gasteiger partial charge in [-0.2, -0.15) is 0 Å². The predicted octanol–water partition coefficient (Wildman–Crippen LogP) is 4.78. The summed E-state index contributed by atoms with van der Waals surface area (Å²) >= 11 is 1.76. The number of H-pyrrole nitrogens is 1. The summed E-state index contributed by atoms with van der Waals surface area (Å²) in [5.41, 5.74) is 7.45. The van der Waals surface area contributed by atoms with Gasteiger partial charge in [0.25, 0.3) is 0 Å². The van der Waals surface area contributed by atoms with Crippen LogP contribution < -0.4 is 0 Å². The van der Waals surface area contributed by atoms with E-state index < -0.39 is 0 Å². The molecule has 1 aromatic heterocycles. The monoisotopic (exact) mass is 282 g/mol. The second-order valence-corrected chi connectivity index (χ2v) is 6.25. The fraction of sp³-hybridized carbons (Fsp3) is 0.235. The summed E-state index contributed by atoms with van der Waals surface area (Å²) in [6, 6.07) is 12.9. The minimum absolute atomic E-state index is 0.951. The lowest BCUT2D eigenvalue weighted by Gasteiger charge is -2.05. The van der Waals surface area contributed by atoms with Crippen LogP contribution in [-0.4, -0.2) is 9.97 Å². The van der Waals surface area contributed by atoms with Crippen LogP contribution in [0.15, 0.2) is 41.6 Å². The van der Waals surface area contributed by atoms with Gasteiger partial charge in [-0.15, -0.1) is 0 Å². The molecule has 1 heterocycles. The van der Waals surface area contributed by atoms with Crippen molar-refractivity contribution in [2.45, 2.75) is 31.7 Å². The molecule has 0 unspecified atom stereocenters. The molecule has 0 fully saturated rings. The number of hydrogen-bond donors (Lipinski definition) is 1. The zero-order valence-electron chi connectivity index (χ0n) is 12.0. The minimum atomic E-state index is 0.951. The average molecular weight is 282 g/mol. The fourth-order valence-corrected chi connectivity index (χ4v) is 3.22. The van der Waals surface area contributed by atoms with Crippen LogP contribution in [0.3, 0.4) is 0 Å². The Hall–Kier alpha value is -1.74. The van der Waals surface area contributed by atoms with Crippen LogP contribution in [-0.2, 0) is 5.75 Å². The van der Waals surface area contributed by atoms with Crippen LogP contribution in [0.1, 0.15) is 22.3 Å². The van der Waals surface area contributed by atoms with E-state index in [1.807, 2.05) is 0 Å². The molecule has 0 aliphatic carbocycles. The van der Waals surface area contributed by atoms with Crippen LogP contribution in [0.2, 0.25) is 0 Å². The first-order chi connectivity index (χ1) is 9.61. The number of aromatic nitrogens is 2. The first-order valence-electron chi connectivity index (χ1n) is 6.77. The molecule has 0 radical (unpaired) electrons. The normalized spacial score (nSPS) is 11.2. The van der Waals surface area contributed by atoms with Gasteiger partial charge >= 0.3 is 0 Å². The van der Waals surface area contributed by atoms with Gasteiger partial charge in [0.15, 0.2) is 5.16 Å². The minimum Gasteiger partial charge on any atom is -0.333 e. The van der Waals surface area contributed by atoms with Gasteiger partial charge in [-0.05, 0) is 49.6 Å². The second kappa shape index (κ2) is 5.33. The molecule has 0 spiro atoms. The Morgan fingerprint density at radius 1 is 1.00 bits per heavy atom. The molecule has 3 heteroatoms. The maximum Gasteiger partial charge on any atom is 0.166 e. The molecule has 0 amide bonds. The van der Waals surface area contributed by atoms with Gasteiger partial charge in [-0.1, -0.05) is 41.6 Å². The number of imidazole rings is 1. The van der Waals surface area contributed by atoms with E-state index in [9.17, 15) is 0 Å². The molecule has 2 aromatic carbocycles. The molecule has 0 aliphatic heterocycles. The van der Waals surface area contributed by atoms with Gasteiger partial charge in [0, 0.05) is 5.75 Å². The number of thioether (sulfide) groups is 1. The Morgan fingerprint density at radius 2 is 1.75 bits per heavy atom. The Morgan fingerprint density at radius 3 is 2.60 bits per heavy atom. The highest BCUT2D eigenvalue weighted by molar-refractivity contribution is 7.98. The molecular formula is C17H18N2S. The van der Waals surface area contributed by atoms with Crippen LogP contribution in [0.4, 0.5) is 0 Å². The highest BCUT2D eigenvalue weighted by atomic mass is 32.2. The largest absolute Gasteiger partial charge is 0.333 e. The Balaban J connectivity index is 1.81. The van der Waals surface area contributed by atoms with Crippen molar-refractivity contribution in [3.8, 4) is 0 Å². The van der Waals surface area contributed by atoms with Crippen molar-refractivity contribution in [3.05, 3.63) is 58.7 Å². The standard InChI is InChI=1S/C17H18N2S/c1-11-4-6-13(3)14(8-11)10-20-17-18-15-7-5-12(2)9-16(15)19-17/h4-9H,10H2,1-3H3,(H,18,19). The van der Waals surface area contributed by atoms with Crippen LogP contribution >= 0.6 is 11.8 Å². The SMILES string of the molecule is Cc1ccc(C)c(CSc2nc3ccc(C)cc3[nH]2)c1. The number of hydrogen-bond acceptors (Lipinski definition) is 2. The third kappa shape index (κ3) is 2.73. The van der Waals surface area contributed by atoms with Crippen molar-refractivity contribution < 1.29 is 0 Å². The van der Waals surface area contributed by atoms with Crippen molar-refractivity contribution in [3.63, 3.8) is 0 Å².